The van der Waals surface area contributed by atoms with Gasteiger partial charge in [0.1, 0.15) is 12.4 Å². The first kappa shape index (κ1) is 21.2. The van der Waals surface area contributed by atoms with Gasteiger partial charge in [-0.1, -0.05) is 42.5 Å². The Morgan fingerprint density at radius 1 is 1.00 bits per heavy atom. The third-order valence-corrected chi connectivity index (χ3v) is 3.43. The first-order chi connectivity index (χ1) is 11.8. The molecule has 0 atom stereocenters. The molecule has 0 spiro atoms. The summed E-state index contributed by atoms with van der Waals surface area (Å²) in [6.07, 6.45) is 0. The lowest BCUT2D eigenvalue weighted by Crippen LogP contribution is -2.38. The van der Waals surface area contributed by atoms with Crippen molar-refractivity contribution in [2.75, 3.05) is 27.3 Å². The Morgan fingerprint density at radius 2 is 1.76 bits per heavy atom. The van der Waals surface area contributed by atoms with Crippen LogP contribution in [0.5, 0.6) is 5.75 Å². The monoisotopic (exact) mass is 455 g/mol. The fourth-order valence-electron chi connectivity index (χ4n) is 2.16. The SMILES string of the molecule is CN=C(NCCOC)NCc1cccc(OCc2ccccc2)c1.I. The highest BCUT2D eigenvalue weighted by atomic mass is 127. The van der Waals surface area contributed by atoms with Gasteiger partial charge < -0.3 is 20.1 Å². The van der Waals surface area contributed by atoms with Crippen LogP contribution in [0.3, 0.4) is 0 Å². The van der Waals surface area contributed by atoms with Crippen LogP contribution in [0, 0.1) is 0 Å². The van der Waals surface area contributed by atoms with Gasteiger partial charge in [0, 0.05) is 27.2 Å². The van der Waals surface area contributed by atoms with Gasteiger partial charge in [-0.15, -0.1) is 24.0 Å². The van der Waals surface area contributed by atoms with Gasteiger partial charge in [-0.25, -0.2) is 0 Å². The molecule has 6 heteroatoms. The number of guanidine groups is 1. The number of nitrogens with one attached hydrogen (secondary N) is 2. The van der Waals surface area contributed by atoms with E-state index in [1.807, 2.05) is 36.4 Å². The Kier molecular flexibility index (Phi) is 10.7. The van der Waals surface area contributed by atoms with Crippen molar-refractivity contribution >= 4 is 29.9 Å². The maximum atomic E-state index is 5.86. The van der Waals surface area contributed by atoms with Crippen LogP contribution in [-0.2, 0) is 17.9 Å². The van der Waals surface area contributed by atoms with E-state index in [0.29, 0.717) is 19.8 Å². The average molecular weight is 455 g/mol. The zero-order valence-corrected chi connectivity index (χ0v) is 17.0. The lowest BCUT2D eigenvalue weighted by atomic mass is 10.2. The lowest BCUT2D eigenvalue weighted by Gasteiger charge is -2.12. The molecule has 0 saturated heterocycles. The van der Waals surface area contributed by atoms with Gasteiger partial charge in [-0.05, 0) is 23.3 Å². The van der Waals surface area contributed by atoms with Crippen molar-refractivity contribution in [2.45, 2.75) is 13.2 Å². The van der Waals surface area contributed by atoms with E-state index in [9.17, 15) is 0 Å². The number of halogens is 1. The zero-order chi connectivity index (χ0) is 17.0. The van der Waals surface area contributed by atoms with E-state index in [1.165, 1.54) is 0 Å². The molecule has 0 radical (unpaired) electrons. The van der Waals surface area contributed by atoms with Gasteiger partial charge in [-0.3, -0.25) is 4.99 Å². The summed E-state index contributed by atoms with van der Waals surface area (Å²) in [4.78, 5) is 4.18. The summed E-state index contributed by atoms with van der Waals surface area (Å²) in [5, 5.41) is 6.46. The summed E-state index contributed by atoms with van der Waals surface area (Å²) in [5.74, 6) is 1.61. The van der Waals surface area contributed by atoms with Crippen molar-refractivity contribution in [3.05, 3.63) is 65.7 Å². The van der Waals surface area contributed by atoms with E-state index in [4.69, 9.17) is 9.47 Å². The Bertz CT molecular complexity index is 636. The molecule has 5 nitrogen and oxygen atoms in total. The number of methoxy groups -OCH3 is 1. The standard InChI is InChI=1S/C19H25N3O2.HI/c1-20-19(21-11-12-23-2)22-14-17-9-6-10-18(13-17)24-15-16-7-4-3-5-8-16;/h3-10,13H,11-12,14-15H2,1-2H3,(H2,20,21,22);1H. The second kappa shape index (κ2) is 12.5. The fraction of sp³-hybridized carbons (Fsp3) is 0.316. The second-order valence-electron chi connectivity index (χ2n) is 5.27. The van der Waals surface area contributed by atoms with Crippen LogP contribution < -0.4 is 15.4 Å². The summed E-state index contributed by atoms with van der Waals surface area (Å²) in [5.41, 5.74) is 2.29. The summed E-state index contributed by atoms with van der Waals surface area (Å²) < 4.78 is 10.9. The quantitative estimate of drug-likeness (QED) is 0.278. The minimum Gasteiger partial charge on any atom is -0.489 e. The zero-order valence-electron chi connectivity index (χ0n) is 14.7. The van der Waals surface area contributed by atoms with E-state index < -0.39 is 0 Å². The van der Waals surface area contributed by atoms with Crippen molar-refractivity contribution < 1.29 is 9.47 Å². The minimum atomic E-state index is 0. The van der Waals surface area contributed by atoms with Crippen LogP contribution in [0.2, 0.25) is 0 Å². The maximum absolute atomic E-state index is 5.86. The minimum absolute atomic E-state index is 0. The molecular weight excluding hydrogens is 429 g/mol. The highest BCUT2D eigenvalue weighted by molar-refractivity contribution is 14.0. The van der Waals surface area contributed by atoms with E-state index in [0.717, 1.165) is 29.4 Å². The first-order valence-corrected chi connectivity index (χ1v) is 8.01. The van der Waals surface area contributed by atoms with Gasteiger partial charge in [0.2, 0.25) is 0 Å². The van der Waals surface area contributed by atoms with E-state index in [-0.39, 0.29) is 24.0 Å². The van der Waals surface area contributed by atoms with Crippen LogP contribution in [0.4, 0.5) is 0 Å². The molecule has 0 saturated carbocycles. The summed E-state index contributed by atoms with van der Waals surface area (Å²) >= 11 is 0. The molecule has 0 aliphatic carbocycles. The number of hydrogen-bond donors (Lipinski definition) is 2. The van der Waals surface area contributed by atoms with E-state index in [2.05, 4.69) is 33.8 Å². The molecular formula is C19H26IN3O2. The van der Waals surface area contributed by atoms with Crippen molar-refractivity contribution in [3.8, 4) is 5.75 Å². The molecule has 0 aliphatic rings. The van der Waals surface area contributed by atoms with Crippen molar-refractivity contribution in [1.29, 1.82) is 0 Å². The number of nitrogens with zero attached hydrogens (tertiary/aromatic N) is 1. The predicted molar refractivity (Wildman–Crippen MR) is 113 cm³/mol. The topological polar surface area (TPSA) is 54.9 Å². The number of benzene rings is 2. The van der Waals surface area contributed by atoms with Gasteiger partial charge in [0.05, 0.1) is 6.61 Å². The number of rotatable bonds is 8. The summed E-state index contributed by atoms with van der Waals surface area (Å²) in [7, 11) is 3.43. The first-order valence-electron chi connectivity index (χ1n) is 8.01. The highest BCUT2D eigenvalue weighted by Gasteiger charge is 2.01. The van der Waals surface area contributed by atoms with Gasteiger partial charge in [0.15, 0.2) is 5.96 Å². The molecule has 0 bridgehead atoms. The normalized spacial score (nSPS) is 10.7. The molecule has 136 valence electrons. The third kappa shape index (κ3) is 8.22. The molecule has 2 N–H and O–H groups in total. The van der Waals surface area contributed by atoms with Crippen molar-refractivity contribution in [3.63, 3.8) is 0 Å². The molecule has 2 aromatic rings. The molecule has 2 rings (SSSR count). The molecule has 2 aromatic carbocycles. The van der Waals surface area contributed by atoms with Crippen LogP contribution in [0.15, 0.2) is 59.6 Å². The fourth-order valence-corrected chi connectivity index (χ4v) is 2.16. The van der Waals surface area contributed by atoms with Crippen LogP contribution in [0.1, 0.15) is 11.1 Å². The van der Waals surface area contributed by atoms with Crippen LogP contribution in [-0.4, -0.2) is 33.3 Å². The van der Waals surface area contributed by atoms with Gasteiger partial charge in [0.25, 0.3) is 0 Å². The van der Waals surface area contributed by atoms with Crippen molar-refractivity contribution in [2.24, 2.45) is 4.99 Å². The summed E-state index contributed by atoms with van der Waals surface area (Å²) in [6.45, 7) is 2.60. The molecule has 0 aliphatic heterocycles. The molecule has 25 heavy (non-hydrogen) atoms. The molecule has 0 amide bonds. The number of aliphatic imine (C=N–C) groups is 1. The third-order valence-electron chi connectivity index (χ3n) is 3.43. The highest BCUT2D eigenvalue weighted by Crippen LogP contribution is 2.15. The van der Waals surface area contributed by atoms with Crippen LogP contribution >= 0.6 is 24.0 Å². The maximum Gasteiger partial charge on any atom is 0.191 e. The molecule has 0 unspecified atom stereocenters. The Hall–Kier alpha value is -1.80. The predicted octanol–water partition coefficient (Wildman–Crippen LogP) is 3.20. The summed E-state index contributed by atoms with van der Waals surface area (Å²) in [6, 6.07) is 18.2. The smallest absolute Gasteiger partial charge is 0.191 e. The number of ether oxygens (including phenoxy) is 2. The Morgan fingerprint density at radius 3 is 2.48 bits per heavy atom. The largest absolute Gasteiger partial charge is 0.489 e. The second-order valence-corrected chi connectivity index (χ2v) is 5.27. The van der Waals surface area contributed by atoms with Gasteiger partial charge >= 0.3 is 0 Å². The lowest BCUT2D eigenvalue weighted by molar-refractivity contribution is 0.203. The average Bonchev–Trinajstić information content (AvgIpc) is 2.64. The number of hydrogen-bond acceptors (Lipinski definition) is 3. The van der Waals surface area contributed by atoms with Crippen molar-refractivity contribution in [1.82, 2.24) is 10.6 Å². The van der Waals surface area contributed by atoms with E-state index >= 15 is 0 Å². The van der Waals surface area contributed by atoms with E-state index in [1.54, 1.807) is 14.2 Å². The Labute approximate surface area is 166 Å². The molecule has 0 heterocycles. The molecule has 0 fully saturated rings. The Balaban J connectivity index is 0.00000312. The van der Waals surface area contributed by atoms with Crippen LogP contribution in [0.25, 0.3) is 0 Å². The molecule has 0 aromatic heterocycles. The van der Waals surface area contributed by atoms with Gasteiger partial charge in [-0.2, -0.15) is 0 Å².